The maximum absolute atomic E-state index is 12.6. The van der Waals surface area contributed by atoms with Gasteiger partial charge in [-0.25, -0.2) is 9.45 Å². The third kappa shape index (κ3) is 7.46. The van der Waals surface area contributed by atoms with Crippen molar-refractivity contribution >= 4 is 36.5 Å². The Bertz CT molecular complexity index is 249. The molecule has 0 heterocycles. The van der Waals surface area contributed by atoms with Gasteiger partial charge in [-0.3, -0.25) is 4.62 Å². The molecule has 0 fully saturated rings. The van der Waals surface area contributed by atoms with Crippen molar-refractivity contribution in [1.82, 2.24) is 0 Å². The summed E-state index contributed by atoms with van der Waals surface area (Å²) < 4.78 is 41.9. The SMILES string of the molecule is CC(CCl)OOP(=O)(F)ON=C(F)Cl. The third-order valence-electron chi connectivity index (χ3n) is 0.721. The summed E-state index contributed by atoms with van der Waals surface area (Å²) in [6.07, 6.45) is -0.714. The predicted octanol–water partition coefficient (Wildman–Crippen LogP) is 3.14. The Morgan fingerprint density at radius 1 is 1.71 bits per heavy atom. The van der Waals surface area contributed by atoms with E-state index in [-0.39, 0.29) is 5.88 Å². The Balaban J connectivity index is 3.96. The number of hydrogen-bond acceptors (Lipinski definition) is 5. The normalized spacial score (nSPS) is 18.8. The Labute approximate surface area is 88.5 Å². The van der Waals surface area contributed by atoms with E-state index in [1.165, 1.54) is 6.92 Å². The molecule has 0 N–H and O–H groups in total. The van der Waals surface area contributed by atoms with Gasteiger partial charge < -0.3 is 0 Å². The number of hydrogen-bond donors (Lipinski definition) is 0. The topological polar surface area (TPSA) is 57.1 Å². The molecule has 0 bridgehead atoms. The van der Waals surface area contributed by atoms with E-state index in [1.54, 1.807) is 0 Å². The van der Waals surface area contributed by atoms with Crippen LogP contribution in [0.5, 0.6) is 0 Å². The summed E-state index contributed by atoms with van der Waals surface area (Å²) in [4.78, 5) is 4.16. The van der Waals surface area contributed by atoms with Gasteiger partial charge >= 0.3 is 13.3 Å². The molecule has 84 valence electrons. The van der Waals surface area contributed by atoms with Gasteiger partial charge in [0.05, 0.1) is 5.88 Å². The van der Waals surface area contributed by atoms with Gasteiger partial charge in [-0.05, 0) is 23.7 Å². The van der Waals surface area contributed by atoms with Gasteiger partial charge in [-0.15, -0.1) is 20.5 Å². The van der Waals surface area contributed by atoms with Crippen LogP contribution in [-0.4, -0.2) is 17.4 Å². The van der Waals surface area contributed by atoms with Crippen molar-refractivity contribution in [3.63, 3.8) is 0 Å². The summed E-state index contributed by atoms with van der Waals surface area (Å²) in [5, 5.41) is 2.24. The average molecular weight is 272 g/mol. The zero-order valence-corrected chi connectivity index (χ0v) is 9.23. The second-order valence-electron chi connectivity index (χ2n) is 1.98. The van der Waals surface area contributed by atoms with Crippen LogP contribution in [0.2, 0.25) is 0 Å². The summed E-state index contributed by atoms with van der Waals surface area (Å²) in [5.41, 5.74) is -1.63. The molecule has 0 saturated carbocycles. The summed E-state index contributed by atoms with van der Waals surface area (Å²) in [6, 6.07) is 0. The van der Waals surface area contributed by atoms with Gasteiger partial charge in [0.15, 0.2) is 0 Å². The fourth-order valence-electron chi connectivity index (χ4n) is 0.244. The molecule has 2 unspecified atom stereocenters. The standard InChI is InChI=1S/C4H6Cl2F2NO4P/c1-3(2-5)11-13-14(8,10)12-9-4(6)7/h3H,2H2,1H3. The van der Waals surface area contributed by atoms with E-state index in [0.717, 1.165) is 0 Å². The molecular formula is C4H6Cl2F2NO4P. The van der Waals surface area contributed by atoms with Crippen LogP contribution in [0.3, 0.4) is 0 Å². The lowest BCUT2D eigenvalue weighted by atomic mass is 10.5. The van der Waals surface area contributed by atoms with Crippen molar-refractivity contribution in [3.05, 3.63) is 0 Å². The average Bonchev–Trinajstić information content (AvgIpc) is 2.11. The van der Waals surface area contributed by atoms with Crippen molar-refractivity contribution in [2.75, 3.05) is 5.88 Å². The fourth-order valence-corrected chi connectivity index (χ4v) is 0.824. The molecule has 0 amide bonds. The van der Waals surface area contributed by atoms with Crippen LogP contribution in [0.1, 0.15) is 6.92 Å². The number of rotatable bonds is 6. The third-order valence-corrected chi connectivity index (χ3v) is 1.77. The molecule has 0 aliphatic heterocycles. The number of alkyl halides is 1. The molecule has 0 radical (unpaired) electrons. The van der Waals surface area contributed by atoms with E-state index < -0.39 is 19.4 Å². The van der Waals surface area contributed by atoms with E-state index in [4.69, 9.17) is 11.6 Å². The van der Waals surface area contributed by atoms with Crippen molar-refractivity contribution in [1.29, 1.82) is 0 Å². The van der Waals surface area contributed by atoms with Crippen molar-refractivity contribution in [2.45, 2.75) is 13.0 Å². The molecule has 5 nitrogen and oxygen atoms in total. The van der Waals surface area contributed by atoms with E-state index >= 15 is 0 Å². The second-order valence-corrected chi connectivity index (χ2v) is 3.77. The summed E-state index contributed by atoms with van der Waals surface area (Å²) in [6.45, 7) is 1.42. The highest BCUT2D eigenvalue weighted by atomic mass is 35.5. The van der Waals surface area contributed by atoms with Crippen LogP contribution in [0.25, 0.3) is 0 Å². The highest BCUT2D eigenvalue weighted by Crippen LogP contribution is 2.50. The van der Waals surface area contributed by atoms with Crippen molar-refractivity contribution < 1.29 is 27.3 Å². The minimum absolute atomic E-state index is 0.0207. The van der Waals surface area contributed by atoms with Crippen LogP contribution in [0.15, 0.2) is 5.16 Å². The lowest BCUT2D eigenvalue weighted by molar-refractivity contribution is -0.246. The first-order chi connectivity index (χ1) is 6.37. The van der Waals surface area contributed by atoms with Gasteiger partial charge in [0.25, 0.3) is 0 Å². The highest BCUT2D eigenvalue weighted by Gasteiger charge is 2.29. The molecule has 0 aromatic carbocycles. The Morgan fingerprint density at radius 2 is 2.29 bits per heavy atom. The van der Waals surface area contributed by atoms with Crippen LogP contribution in [-0.2, 0) is 18.8 Å². The smallest absolute Gasteiger partial charge is 0.283 e. The minimum atomic E-state index is -5.11. The molecule has 14 heavy (non-hydrogen) atoms. The van der Waals surface area contributed by atoms with E-state index in [0.29, 0.717) is 0 Å². The summed E-state index contributed by atoms with van der Waals surface area (Å²) in [7, 11) is -5.11. The van der Waals surface area contributed by atoms with Crippen molar-refractivity contribution in [2.24, 2.45) is 5.16 Å². The van der Waals surface area contributed by atoms with Gasteiger partial charge in [0.1, 0.15) is 6.10 Å². The first-order valence-corrected chi connectivity index (χ1v) is 5.50. The van der Waals surface area contributed by atoms with Crippen LogP contribution < -0.4 is 0 Å². The molecule has 10 heteroatoms. The minimum Gasteiger partial charge on any atom is -0.283 e. The number of oxime groups is 1. The Hall–Kier alpha value is 0.0600. The first kappa shape index (κ1) is 14.1. The molecule has 0 saturated heterocycles. The molecule has 0 aliphatic rings. The predicted molar refractivity (Wildman–Crippen MR) is 46.5 cm³/mol. The number of halogens is 4. The maximum atomic E-state index is 12.6. The van der Waals surface area contributed by atoms with Crippen LogP contribution in [0.4, 0.5) is 8.59 Å². The summed E-state index contributed by atoms with van der Waals surface area (Å²) >= 11 is 9.77. The summed E-state index contributed by atoms with van der Waals surface area (Å²) in [5.74, 6) is -0.0207. The molecule has 0 spiro atoms. The lowest BCUT2D eigenvalue weighted by Crippen LogP contribution is -2.08. The van der Waals surface area contributed by atoms with Gasteiger partial charge in [0, 0.05) is 0 Å². The zero-order valence-electron chi connectivity index (χ0n) is 6.82. The number of nitrogens with zero attached hydrogens (tertiary/aromatic N) is 1. The zero-order chi connectivity index (χ0) is 11.2. The van der Waals surface area contributed by atoms with Crippen LogP contribution in [0, 0.1) is 0 Å². The molecule has 0 aliphatic carbocycles. The maximum Gasteiger partial charge on any atom is 0.618 e. The van der Waals surface area contributed by atoms with E-state index in [1.807, 2.05) is 0 Å². The Kier molecular flexibility index (Phi) is 6.55. The molecule has 0 rings (SSSR count). The van der Waals surface area contributed by atoms with Gasteiger partial charge in [0.2, 0.25) is 0 Å². The second kappa shape index (κ2) is 6.53. The van der Waals surface area contributed by atoms with E-state index in [9.17, 15) is 13.2 Å². The first-order valence-electron chi connectivity index (χ1n) is 3.16. The Morgan fingerprint density at radius 3 is 2.71 bits per heavy atom. The van der Waals surface area contributed by atoms with Crippen LogP contribution >= 0.6 is 31.1 Å². The lowest BCUT2D eigenvalue weighted by Gasteiger charge is -2.08. The van der Waals surface area contributed by atoms with Gasteiger partial charge in [-0.1, -0.05) is 0 Å². The molecular weight excluding hydrogens is 266 g/mol. The highest BCUT2D eigenvalue weighted by molar-refractivity contribution is 7.47. The molecule has 0 aromatic rings. The largest absolute Gasteiger partial charge is 0.618 e. The fraction of sp³-hybridized carbons (Fsp3) is 0.750. The molecule has 2 atom stereocenters. The van der Waals surface area contributed by atoms with Crippen molar-refractivity contribution in [3.8, 4) is 0 Å². The monoisotopic (exact) mass is 271 g/mol. The molecule has 0 aromatic heterocycles. The van der Waals surface area contributed by atoms with E-state index in [2.05, 4.69) is 30.9 Å². The van der Waals surface area contributed by atoms with Gasteiger partial charge in [-0.2, -0.15) is 4.39 Å². The quantitative estimate of drug-likeness (QED) is 0.245.